The van der Waals surface area contributed by atoms with Crippen molar-refractivity contribution in [2.45, 2.75) is 0 Å². The molecular weight excluding hydrogens is 352 g/mol. The van der Waals surface area contributed by atoms with E-state index in [1.807, 2.05) is 72.8 Å². The number of nitrogens with one attached hydrogen (secondary N) is 2. The lowest BCUT2D eigenvalue weighted by atomic mass is 10.3. The summed E-state index contributed by atoms with van der Waals surface area (Å²) in [7, 11) is 0. The van der Waals surface area contributed by atoms with E-state index in [0.717, 1.165) is 17.2 Å². The van der Waals surface area contributed by atoms with Gasteiger partial charge in [0.05, 0.1) is 0 Å². The fourth-order valence-electron chi connectivity index (χ4n) is 2.52. The van der Waals surface area contributed by atoms with Crippen LogP contribution in [0.5, 0.6) is 11.5 Å². The molecule has 7 heteroatoms. The van der Waals surface area contributed by atoms with E-state index < -0.39 is 0 Å². The van der Waals surface area contributed by atoms with Gasteiger partial charge in [-0.15, -0.1) is 0 Å². The largest absolute Gasteiger partial charge is 0.457 e. The number of rotatable bonds is 6. The number of para-hydroxylation sites is 1. The number of pyridine rings is 1. The molecule has 2 aromatic heterocycles. The first-order valence-electron chi connectivity index (χ1n) is 8.66. The molecule has 0 amide bonds. The third kappa shape index (κ3) is 4.16. The topological polar surface area (TPSA) is 98.0 Å². The maximum atomic E-state index is 6.21. The van der Waals surface area contributed by atoms with Crippen LogP contribution in [0.2, 0.25) is 0 Å². The van der Waals surface area contributed by atoms with Gasteiger partial charge < -0.3 is 21.1 Å². The van der Waals surface area contributed by atoms with Gasteiger partial charge in [-0.2, -0.15) is 0 Å². The van der Waals surface area contributed by atoms with Crippen molar-refractivity contribution in [1.29, 1.82) is 0 Å². The van der Waals surface area contributed by atoms with Gasteiger partial charge in [-0.25, -0.2) is 15.0 Å². The van der Waals surface area contributed by atoms with Crippen LogP contribution in [0, 0.1) is 0 Å². The normalized spacial score (nSPS) is 10.3. The monoisotopic (exact) mass is 370 g/mol. The highest BCUT2D eigenvalue weighted by atomic mass is 16.5. The summed E-state index contributed by atoms with van der Waals surface area (Å²) < 4.78 is 5.80. The number of benzene rings is 2. The summed E-state index contributed by atoms with van der Waals surface area (Å²) in [5.41, 5.74) is 7.44. The van der Waals surface area contributed by atoms with Crippen LogP contribution in [0.15, 0.2) is 85.3 Å². The first kappa shape index (κ1) is 17.3. The molecule has 4 aromatic rings. The molecule has 0 unspecified atom stereocenters. The third-order valence-electron chi connectivity index (χ3n) is 3.89. The van der Waals surface area contributed by atoms with E-state index in [2.05, 4.69) is 25.6 Å². The molecule has 4 rings (SSSR count). The fraction of sp³-hybridized carbons (Fsp3) is 0. The number of anilines is 5. The Hall–Kier alpha value is -4.13. The van der Waals surface area contributed by atoms with Crippen LogP contribution >= 0.6 is 0 Å². The van der Waals surface area contributed by atoms with Crippen molar-refractivity contribution < 1.29 is 4.74 Å². The fourth-order valence-corrected chi connectivity index (χ4v) is 2.52. The molecule has 2 heterocycles. The number of hydrogen-bond acceptors (Lipinski definition) is 7. The molecule has 7 nitrogen and oxygen atoms in total. The molecule has 0 saturated carbocycles. The van der Waals surface area contributed by atoms with Crippen LogP contribution < -0.4 is 21.1 Å². The first-order chi connectivity index (χ1) is 13.8. The summed E-state index contributed by atoms with van der Waals surface area (Å²) in [5.74, 6) is 3.17. The zero-order chi connectivity index (χ0) is 19.2. The van der Waals surface area contributed by atoms with Crippen LogP contribution in [-0.4, -0.2) is 15.0 Å². The van der Waals surface area contributed by atoms with E-state index in [-0.39, 0.29) is 0 Å². The SMILES string of the molecule is Nc1c(Nc2ccc(Oc3ccccc3)cc2)ncnc1Nc1ccccn1. The van der Waals surface area contributed by atoms with Crippen LogP contribution in [0.4, 0.5) is 28.8 Å². The van der Waals surface area contributed by atoms with E-state index in [1.165, 1.54) is 6.33 Å². The second-order valence-corrected chi connectivity index (χ2v) is 5.89. The van der Waals surface area contributed by atoms with Gasteiger partial charge in [0, 0.05) is 11.9 Å². The minimum atomic E-state index is 0.401. The third-order valence-corrected chi connectivity index (χ3v) is 3.89. The molecule has 0 aliphatic rings. The maximum absolute atomic E-state index is 6.21. The molecular formula is C21H18N6O. The Kier molecular flexibility index (Phi) is 4.97. The van der Waals surface area contributed by atoms with E-state index in [4.69, 9.17) is 10.5 Å². The summed E-state index contributed by atoms with van der Waals surface area (Å²) >= 11 is 0. The Balaban J connectivity index is 1.47. The highest BCUT2D eigenvalue weighted by Crippen LogP contribution is 2.29. The molecule has 138 valence electrons. The number of nitrogen functional groups attached to an aromatic ring is 1. The summed E-state index contributed by atoms with van der Waals surface area (Å²) in [6, 6.07) is 22.7. The number of nitrogens with zero attached hydrogens (tertiary/aromatic N) is 3. The Bertz CT molecular complexity index is 1040. The van der Waals surface area contributed by atoms with Gasteiger partial charge in [-0.3, -0.25) is 0 Å². The summed E-state index contributed by atoms with van der Waals surface area (Å²) in [6.07, 6.45) is 3.13. The Labute approximate surface area is 162 Å². The molecule has 0 spiro atoms. The lowest BCUT2D eigenvalue weighted by Gasteiger charge is -2.12. The zero-order valence-corrected chi connectivity index (χ0v) is 14.9. The lowest BCUT2D eigenvalue weighted by molar-refractivity contribution is 0.483. The molecule has 2 aromatic carbocycles. The smallest absolute Gasteiger partial charge is 0.160 e. The van der Waals surface area contributed by atoms with Crippen LogP contribution in [-0.2, 0) is 0 Å². The Morgan fingerprint density at radius 1 is 0.679 bits per heavy atom. The van der Waals surface area contributed by atoms with E-state index >= 15 is 0 Å². The summed E-state index contributed by atoms with van der Waals surface area (Å²) in [5, 5.41) is 6.28. The highest BCUT2D eigenvalue weighted by Gasteiger charge is 2.09. The number of ether oxygens (including phenoxy) is 1. The second-order valence-electron chi connectivity index (χ2n) is 5.89. The van der Waals surface area contributed by atoms with Gasteiger partial charge in [-0.05, 0) is 48.5 Å². The van der Waals surface area contributed by atoms with Crippen molar-refractivity contribution in [1.82, 2.24) is 15.0 Å². The van der Waals surface area contributed by atoms with Crippen molar-refractivity contribution in [3.05, 3.63) is 85.3 Å². The lowest BCUT2D eigenvalue weighted by Crippen LogP contribution is -2.05. The molecule has 0 atom stereocenters. The Morgan fingerprint density at radius 2 is 1.36 bits per heavy atom. The summed E-state index contributed by atoms with van der Waals surface area (Å²) in [4.78, 5) is 12.6. The first-order valence-corrected chi connectivity index (χ1v) is 8.66. The average molecular weight is 370 g/mol. The number of nitrogens with two attached hydrogens (primary N) is 1. The van der Waals surface area contributed by atoms with Crippen molar-refractivity contribution in [2.24, 2.45) is 0 Å². The van der Waals surface area contributed by atoms with E-state index in [9.17, 15) is 0 Å². The number of aromatic nitrogens is 3. The molecule has 0 aliphatic heterocycles. The van der Waals surface area contributed by atoms with E-state index in [1.54, 1.807) is 6.20 Å². The predicted molar refractivity (Wildman–Crippen MR) is 110 cm³/mol. The van der Waals surface area contributed by atoms with Crippen LogP contribution in [0.3, 0.4) is 0 Å². The molecule has 0 fully saturated rings. The molecule has 28 heavy (non-hydrogen) atoms. The van der Waals surface area contributed by atoms with Crippen molar-refractivity contribution in [3.63, 3.8) is 0 Å². The standard InChI is InChI=1S/C21H18N6O/c22-19-20(24-14-25-21(19)27-18-8-4-5-13-23-18)26-15-9-11-17(12-10-15)28-16-6-2-1-3-7-16/h1-14H,22H2,(H2,23,24,25,26,27). The van der Waals surface area contributed by atoms with Crippen LogP contribution in [0.1, 0.15) is 0 Å². The second kappa shape index (κ2) is 8.05. The minimum Gasteiger partial charge on any atom is -0.457 e. The van der Waals surface area contributed by atoms with Gasteiger partial charge in [-0.1, -0.05) is 24.3 Å². The molecule has 0 radical (unpaired) electrons. The van der Waals surface area contributed by atoms with Gasteiger partial charge in [0.1, 0.15) is 29.3 Å². The molecule has 4 N–H and O–H groups in total. The van der Waals surface area contributed by atoms with Crippen molar-refractivity contribution in [2.75, 3.05) is 16.4 Å². The summed E-state index contributed by atoms with van der Waals surface area (Å²) in [6.45, 7) is 0. The average Bonchev–Trinajstić information content (AvgIpc) is 2.74. The molecule has 0 saturated heterocycles. The van der Waals surface area contributed by atoms with Gasteiger partial charge in [0.2, 0.25) is 0 Å². The zero-order valence-electron chi connectivity index (χ0n) is 14.9. The number of hydrogen-bond donors (Lipinski definition) is 3. The molecule has 0 bridgehead atoms. The van der Waals surface area contributed by atoms with Gasteiger partial charge in [0.25, 0.3) is 0 Å². The van der Waals surface area contributed by atoms with E-state index in [0.29, 0.717) is 23.1 Å². The van der Waals surface area contributed by atoms with Gasteiger partial charge in [0.15, 0.2) is 11.6 Å². The predicted octanol–water partition coefficient (Wildman–Crippen LogP) is 4.73. The van der Waals surface area contributed by atoms with Crippen LogP contribution in [0.25, 0.3) is 0 Å². The van der Waals surface area contributed by atoms with Crippen molar-refractivity contribution >= 4 is 28.8 Å². The minimum absolute atomic E-state index is 0.401. The highest BCUT2D eigenvalue weighted by molar-refractivity contribution is 5.79. The quantitative estimate of drug-likeness (QED) is 0.451. The maximum Gasteiger partial charge on any atom is 0.160 e. The molecule has 0 aliphatic carbocycles. The van der Waals surface area contributed by atoms with Crippen molar-refractivity contribution in [3.8, 4) is 11.5 Å². The Morgan fingerprint density at radius 3 is 2.07 bits per heavy atom. The van der Waals surface area contributed by atoms with Gasteiger partial charge >= 0.3 is 0 Å².